The number of thioether (sulfide) groups is 1. The molecule has 0 radical (unpaired) electrons. The van der Waals surface area contributed by atoms with Crippen LogP contribution in [0.25, 0.3) is 0 Å². The van der Waals surface area contributed by atoms with Crippen molar-refractivity contribution in [2.45, 2.75) is 42.8 Å². The van der Waals surface area contributed by atoms with E-state index < -0.39 is 18.0 Å². The smallest absolute Gasteiger partial charge is 0.389 e. The highest BCUT2D eigenvalue weighted by atomic mass is 32.2. The number of para-hydroxylation sites is 1. The third-order valence-corrected chi connectivity index (χ3v) is 4.95. The molecule has 0 heterocycles. The Kier molecular flexibility index (Phi) is 7.16. The van der Waals surface area contributed by atoms with Crippen molar-refractivity contribution in [3.8, 4) is 0 Å². The molecule has 0 amide bonds. The molecule has 0 saturated carbocycles. The maximum atomic E-state index is 12.6. The van der Waals surface area contributed by atoms with Gasteiger partial charge < -0.3 is 5.73 Å². The largest absolute Gasteiger partial charge is 0.398 e. The average Bonchev–Trinajstić information content (AvgIpc) is 2.55. The quantitative estimate of drug-likeness (QED) is 0.275. The number of anilines is 1. The van der Waals surface area contributed by atoms with Crippen molar-refractivity contribution >= 4 is 17.4 Å². The van der Waals surface area contributed by atoms with Crippen molar-refractivity contribution < 1.29 is 13.2 Å². The van der Waals surface area contributed by atoms with Gasteiger partial charge in [-0.25, -0.2) is 5.43 Å². The van der Waals surface area contributed by atoms with Gasteiger partial charge in [0.1, 0.15) is 0 Å². The minimum atomic E-state index is -4.18. The highest BCUT2D eigenvalue weighted by Gasteiger charge is 2.28. The van der Waals surface area contributed by atoms with E-state index in [9.17, 15) is 13.2 Å². The number of hydrogen-bond donors (Lipinski definition) is 3. The van der Waals surface area contributed by atoms with Crippen LogP contribution in [0.1, 0.15) is 24.0 Å². The van der Waals surface area contributed by atoms with E-state index in [0.717, 1.165) is 16.0 Å². The molecule has 4 N–H and O–H groups in total. The monoisotopic (exact) mass is 369 g/mol. The van der Waals surface area contributed by atoms with Gasteiger partial charge in [-0.2, -0.15) is 13.2 Å². The highest BCUT2D eigenvalue weighted by molar-refractivity contribution is 8.00. The Bertz CT molecular complexity index is 677. The summed E-state index contributed by atoms with van der Waals surface area (Å²) in [7, 11) is 0. The van der Waals surface area contributed by atoms with Gasteiger partial charge in [0.25, 0.3) is 0 Å². The van der Waals surface area contributed by atoms with Crippen molar-refractivity contribution in [2.75, 3.05) is 5.73 Å². The highest BCUT2D eigenvalue weighted by Crippen LogP contribution is 2.32. The molecule has 2 aromatic carbocycles. The van der Waals surface area contributed by atoms with Gasteiger partial charge in [-0.1, -0.05) is 36.4 Å². The normalized spacial score (nSPS) is 13.0. The van der Waals surface area contributed by atoms with Crippen LogP contribution in [0.2, 0.25) is 0 Å². The second kappa shape index (κ2) is 9.12. The number of hydrazine groups is 1. The third-order valence-electron chi connectivity index (χ3n) is 3.68. The van der Waals surface area contributed by atoms with E-state index >= 15 is 0 Å². The first-order valence-corrected chi connectivity index (χ1v) is 8.84. The molecule has 25 heavy (non-hydrogen) atoms. The molecule has 3 nitrogen and oxygen atoms in total. The SMILES string of the molecule is Cc1ccccc1CNNC(CCC(F)(F)F)Sc1ccccc1N. The standard InChI is InChI=1S/C18H22F3N3S/c1-13-6-2-3-7-14(13)12-23-24-17(10-11-18(19,20)21)25-16-9-5-4-8-15(16)22/h2-9,17,23-24H,10-12,22H2,1H3. The maximum Gasteiger partial charge on any atom is 0.389 e. The van der Waals surface area contributed by atoms with Crippen molar-refractivity contribution in [1.82, 2.24) is 10.9 Å². The van der Waals surface area contributed by atoms with E-state index in [2.05, 4.69) is 10.9 Å². The third kappa shape index (κ3) is 6.97. The van der Waals surface area contributed by atoms with Gasteiger partial charge in [-0.05, 0) is 36.6 Å². The molecule has 1 atom stereocenters. The number of rotatable bonds is 8. The summed E-state index contributed by atoms with van der Waals surface area (Å²) >= 11 is 1.30. The molecule has 2 rings (SSSR count). The lowest BCUT2D eigenvalue weighted by molar-refractivity contribution is -0.135. The van der Waals surface area contributed by atoms with Crippen LogP contribution in [0.4, 0.5) is 18.9 Å². The van der Waals surface area contributed by atoms with Crippen LogP contribution in [-0.2, 0) is 6.54 Å². The Morgan fingerprint density at radius 1 is 1.08 bits per heavy atom. The molecule has 0 bridgehead atoms. The average molecular weight is 369 g/mol. The Morgan fingerprint density at radius 2 is 1.76 bits per heavy atom. The molecular formula is C18H22F3N3S. The lowest BCUT2D eigenvalue weighted by Gasteiger charge is -2.21. The number of nitrogen functional groups attached to an aromatic ring is 1. The number of benzene rings is 2. The van der Waals surface area contributed by atoms with Crippen molar-refractivity contribution in [3.05, 3.63) is 59.7 Å². The molecule has 136 valence electrons. The van der Waals surface area contributed by atoms with Gasteiger partial charge in [0, 0.05) is 23.5 Å². The molecule has 0 fully saturated rings. The molecule has 0 aliphatic rings. The van der Waals surface area contributed by atoms with Gasteiger partial charge in [0.2, 0.25) is 0 Å². The predicted molar refractivity (Wildman–Crippen MR) is 96.9 cm³/mol. The second-order valence-electron chi connectivity index (χ2n) is 5.72. The lowest BCUT2D eigenvalue weighted by atomic mass is 10.1. The van der Waals surface area contributed by atoms with Gasteiger partial charge in [0.15, 0.2) is 0 Å². The summed E-state index contributed by atoms with van der Waals surface area (Å²) in [6, 6.07) is 15.0. The molecule has 0 aliphatic carbocycles. The summed E-state index contributed by atoms with van der Waals surface area (Å²) in [6.07, 6.45) is -5.08. The molecule has 2 aromatic rings. The number of aryl methyl sites for hydroxylation is 1. The van der Waals surface area contributed by atoms with E-state index in [0.29, 0.717) is 12.2 Å². The summed E-state index contributed by atoms with van der Waals surface area (Å²) in [4.78, 5) is 0.764. The van der Waals surface area contributed by atoms with Crippen LogP contribution in [0.15, 0.2) is 53.4 Å². The molecule has 0 aromatic heterocycles. The van der Waals surface area contributed by atoms with E-state index in [1.807, 2.05) is 43.3 Å². The number of halogens is 3. The minimum absolute atomic E-state index is 0.0523. The van der Waals surface area contributed by atoms with Gasteiger partial charge >= 0.3 is 6.18 Å². The summed E-state index contributed by atoms with van der Waals surface area (Å²) in [5, 5.41) is -0.449. The maximum absolute atomic E-state index is 12.6. The number of nitrogens with two attached hydrogens (primary N) is 1. The second-order valence-corrected chi connectivity index (χ2v) is 6.97. The molecule has 0 spiro atoms. The Morgan fingerprint density at radius 3 is 2.44 bits per heavy atom. The Hall–Kier alpha value is -1.70. The molecule has 1 unspecified atom stereocenters. The Labute approximate surface area is 150 Å². The van der Waals surface area contributed by atoms with Gasteiger partial charge in [0.05, 0.1) is 5.37 Å². The first-order valence-electron chi connectivity index (χ1n) is 7.96. The van der Waals surface area contributed by atoms with Gasteiger partial charge in [-0.3, -0.25) is 5.43 Å². The molecule has 7 heteroatoms. The zero-order valence-corrected chi connectivity index (χ0v) is 14.8. The lowest BCUT2D eigenvalue weighted by Crippen LogP contribution is -2.39. The zero-order valence-electron chi connectivity index (χ0n) is 13.9. The number of nitrogens with one attached hydrogen (secondary N) is 2. The van der Waals surface area contributed by atoms with Crippen LogP contribution in [0, 0.1) is 6.92 Å². The predicted octanol–water partition coefficient (Wildman–Crippen LogP) is 4.63. The fraction of sp³-hybridized carbons (Fsp3) is 0.333. The molecule has 0 aliphatic heterocycles. The first-order chi connectivity index (χ1) is 11.8. The fourth-order valence-electron chi connectivity index (χ4n) is 2.26. The van der Waals surface area contributed by atoms with Crippen molar-refractivity contribution in [3.63, 3.8) is 0 Å². The summed E-state index contributed by atoms with van der Waals surface area (Å²) < 4.78 is 37.8. The summed E-state index contributed by atoms with van der Waals surface area (Å²) in [5.74, 6) is 0. The first kappa shape index (κ1) is 19.6. The van der Waals surface area contributed by atoms with Crippen molar-refractivity contribution in [2.24, 2.45) is 0 Å². The fourth-order valence-corrected chi connectivity index (χ4v) is 3.31. The zero-order chi connectivity index (χ0) is 18.3. The van der Waals surface area contributed by atoms with Crippen LogP contribution < -0.4 is 16.6 Å². The topological polar surface area (TPSA) is 50.1 Å². The number of hydrogen-bond acceptors (Lipinski definition) is 4. The summed E-state index contributed by atoms with van der Waals surface area (Å²) in [5.41, 5.74) is 14.7. The molecule has 0 saturated heterocycles. The van der Waals surface area contributed by atoms with Gasteiger partial charge in [-0.15, -0.1) is 11.8 Å². The van der Waals surface area contributed by atoms with Crippen LogP contribution >= 0.6 is 11.8 Å². The Balaban J connectivity index is 1.96. The van der Waals surface area contributed by atoms with Crippen LogP contribution in [-0.4, -0.2) is 11.6 Å². The van der Waals surface area contributed by atoms with Crippen molar-refractivity contribution in [1.29, 1.82) is 0 Å². The van der Waals surface area contributed by atoms with Crippen LogP contribution in [0.5, 0.6) is 0 Å². The van der Waals surface area contributed by atoms with E-state index in [4.69, 9.17) is 5.73 Å². The van der Waals surface area contributed by atoms with E-state index in [1.165, 1.54) is 11.8 Å². The van der Waals surface area contributed by atoms with E-state index in [1.54, 1.807) is 12.1 Å². The molecular weight excluding hydrogens is 347 g/mol. The number of alkyl halides is 3. The van der Waals surface area contributed by atoms with E-state index in [-0.39, 0.29) is 6.42 Å². The van der Waals surface area contributed by atoms with Crippen LogP contribution in [0.3, 0.4) is 0 Å². The minimum Gasteiger partial charge on any atom is -0.398 e. The summed E-state index contributed by atoms with van der Waals surface area (Å²) in [6.45, 7) is 2.53.